The molecule has 2 aromatic rings. The lowest BCUT2D eigenvalue weighted by Gasteiger charge is -2.36. The molecule has 0 bridgehead atoms. The van der Waals surface area contributed by atoms with Gasteiger partial charge in [0.05, 0.1) is 23.4 Å². The van der Waals surface area contributed by atoms with E-state index in [4.69, 9.17) is 4.74 Å². The number of thiazole rings is 1. The van der Waals surface area contributed by atoms with Gasteiger partial charge in [-0.25, -0.2) is 14.2 Å². The smallest absolute Gasteiger partial charge is 0.327 e. The van der Waals surface area contributed by atoms with E-state index < -0.39 is 0 Å². The molecule has 0 spiro atoms. The molecule has 1 aromatic heterocycles. The first-order valence-corrected chi connectivity index (χ1v) is 9.79. The molecule has 2 aliphatic rings. The van der Waals surface area contributed by atoms with Crippen LogP contribution in [0, 0.1) is 5.82 Å². The Kier molecular flexibility index (Phi) is 4.96. The van der Waals surface area contributed by atoms with Crippen LogP contribution < -0.4 is 4.90 Å². The Balaban J connectivity index is 1.40. The lowest BCUT2D eigenvalue weighted by Crippen LogP contribution is -2.46. The third-order valence-electron chi connectivity index (χ3n) is 5.12. The van der Waals surface area contributed by atoms with E-state index in [0.717, 1.165) is 41.3 Å². The Morgan fingerprint density at radius 2 is 2.07 bits per heavy atom. The predicted molar refractivity (Wildman–Crippen MR) is 101 cm³/mol. The highest BCUT2D eigenvalue weighted by molar-refractivity contribution is 7.22. The summed E-state index contributed by atoms with van der Waals surface area (Å²) in [4.78, 5) is 34.4. The highest BCUT2D eigenvalue weighted by atomic mass is 32.1. The van der Waals surface area contributed by atoms with E-state index in [2.05, 4.69) is 9.88 Å². The van der Waals surface area contributed by atoms with E-state index >= 15 is 0 Å². The molecule has 0 unspecified atom stereocenters. The molecule has 27 heavy (non-hydrogen) atoms. The standard InChI is InChI=1S/C18H21FN4O3S/c1-26-9-8-22-16(24)11-23(18(22)25)13-4-6-21(7-5-13)17-20-14-3-2-12(19)10-15(14)27-17/h2-3,10,13H,4-9,11H2,1H3. The first-order valence-electron chi connectivity index (χ1n) is 8.98. The lowest BCUT2D eigenvalue weighted by molar-refractivity contribution is -0.125. The van der Waals surface area contributed by atoms with Crippen molar-refractivity contribution in [3.8, 4) is 0 Å². The van der Waals surface area contributed by atoms with Crippen LogP contribution in [0.2, 0.25) is 0 Å². The molecule has 0 N–H and O–H groups in total. The molecule has 0 saturated carbocycles. The number of piperidine rings is 1. The van der Waals surface area contributed by atoms with Crippen LogP contribution in [0.25, 0.3) is 10.2 Å². The number of aromatic nitrogens is 1. The van der Waals surface area contributed by atoms with Crippen molar-refractivity contribution in [3.05, 3.63) is 24.0 Å². The first-order chi connectivity index (χ1) is 13.1. The number of carbonyl (C=O) groups excluding carboxylic acids is 2. The van der Waals surface area contributed by atoms with Gasteiger partial charge in [0.1, 0.15) is 12.4 Å². The number of halogens is 1. The summed E-state index contributed by atoms with van der Waals surface area (Å²) in [6, 6.07) is 4.46. The van der Waals surface area contributed by atoms with Crippen molar-refractivity contribution in [1.29, 1.82) is 0 Å². The van der Waals surface area contributed by atoms with Gasteiger partial charge in [0, 0.05) is 26.2 Å². The second kappa shape index (κ2) is 7.40. The Hall–Kier alpha value is -2.26. The quantitative estimate of drug-likeness (QED) is 0.731. The Morgan fingerprint density at radius 1 is 1.30 bits per heavy atom. The van der Waals surface area contributed by atoms with Crippen LogP contribution in [-0.4, -0.2) is 72.7 Å². The Bertz CT molecular complexity index is 865. The van der Waals surface area contributed by atoms with Gasteiger partial charge in [-0.15, -0.1) is 0 Å². The van der Waals surface area contributed by atoms with Crippen LogP contribution in [-0.2, 0) is 9.53 Å². The monoisotopic (exact) mass is 392 g/mol. The largest absolute Gasteiger partial charge is 0.383 e. The van der Waals surface area contributed by atoms with Gasteiger partial charge in [0.15, 0.2) is 5.13 Å². The van der Waals surface area contributed by atoms with Gasteiger partial charge >= 0.3 is 6.03 Å². The number of rotatable bonds is 5. The predicted octanol–water partition coefficient (Wildman–Crippen LogP) is 2.31. The van der Waals surface area contributed by atoms with Crippen LogP contribution in [0.1, 0.15) is 12.8 Å². The van der Waals surface area contributed by atoms with E-state index in [1.807, 2.05) is 0 Å². The summed E-state index contributed by atoms with van der Waals surface area (Å²) >= 11 is 1.48. The van der Waals surface area contributed by atoms with Crippen LogP contribution in [0.3, 0.4) is 0 Å². The van der Waals surface area contributed by atoms with Crippen molar-refractivity contribution in [2.24, 2.45) is 0 Å². The maximum Gasteiger partial charge on any atom is 0.327 e. The van der Waals surface area contributed by atoms with Gasteiger partial charge < -0.3 is 14.5 Å². The zero-order valence-corrected chi connectivity index (χ0v) is 15.9. The van der Waals surface area contributed by atoms with Crippen molar-refractivity contribution in [2.45, 2.75) is 18.9 Å². The highest BCUT2D eigenvalue weighted by Crippen LogP contribution is 2.32. The molecule has 2 aliphatic heterocycles. The normalized spacial score (nSPS) is 19.0. The fourth-order valence-corrected chi connectivity index (χ4v) is 4.68. The van der Waals surface area contributed by atoms with E-state index in [9.17, 15) is 14.0 Å². The zero-order valence-electron chi connectivity index (χ0n) is 15.1. The van der Waals surface area contributed by atoms with E-state index in [0.29, 0.717) is 13.2 Å². The number of benzene rings is 1. The van der Waals surface area contributed by atoms with Gasteiger partial charge in [-0.3, -0.25) is 9.69 Å². The van der Waals surface area contributed by atoms with Crippen molar-refractivity contribution in [3.63, 3.8) is 0 Å². The molecular formula is C18H21FN4O3S. The van der Waals surface area contributed by atoms with Gasteiger partial charge in [-0.05, 0) is 31.0 Å². The molecule has 3 heterocycles. The molecule has 144 valence electrons. The fraction of sp³-hybridized carbons (Fsp3) is 0.500. The van der Waals surface area contributed by atoms with Crippen molar-refractivity contribution >= 4 is 38.6 Å². The summed E-state index contributed by atoms with van der Waals surface area (Å²) in [5, 5.41) is 0.875. The van der Waals surface area contributed by atoms with Gasteiger partial charge in [0.25, 0.3) is 0 Å². The molecule has 4 rings (SSSR count). The number of hydrogen-bond donors (Lipinski definition) is 0. The molecule has 1 aromatic carbocycles. The Labute approximate surface area is 160 Å². The van der Waals surface area contributed by atoms with E-state index in [1.165, 1.54) is 28.4 Å². The summed E-state index contributed by atoms with van der Waals surface area (Å²) in [5.41, 5.74) is 0.799. The summed E-state index contributed by atoms with van der Waals surface area (Å²) in [5.74, 6) is -0.417. The topological polar surface area (TPSA) is 66.0 Å². The van der Waals surface area contributed by atoms with Crippen LogP contribution in [0.5, 0.6) is 0 Å². The molecule has 2 saturated heterocycles. The SMILES string of the molecule is COCCN1C(=O)CN(C2CCN(c3nc4ccc(F)cc4s3)CC2)C1=O. The van der Waals surface area contributed by atoms with Crippen molar-refractivity contribution < 1.29 is 18.7 Å². The summed E-state index contributed by atoms with van der Waals surface area (Å²) in [6.07, 6.45) is 1.56. The number of fused-ring (bicyclic) bond motifs is 1. The minimum atomic E-state index is -0.258. The van der Waals surface area contributed by atoms with Gasteiger partial charge in [-0.1, -0.05) is 11.3 Å². The minimum Gasteiger partial charge on any atom is -0.383 e. The number of anilines is 1. The number of carbonyl (C=O) groups is 2. The number of urea groups is 1. The summed E-state index contributed by atoms with van der Waals surface area (Å²) in [7, 11) is 1.55. The average molecular weight is 392 g/mol. The Morgan fingerprint density at radius 3 is 2.81 bits per heavy atom. The third kappa shape index (κ3) is 3.49. The third-order valence-corrected chi connectivity index (χ3v) is 6.20. The average Bonchev–Trinajstić information content (AvgIpc) is 3.21. The number of ether oxygens (including phenoxy) is 1. The molecule has 2 fully saturated rings. The van der Waals surface area contributed by atoms with Crippen molar-refractivity contribution in [1.82, 2.24) is 14.8 Å². The van der Waals surface area contributed by atoms with Crippen LogP contribution >= 0.6 is 11.3 Å². The second-order valence-corrected chi connectivity index (χ2v) is 7.78. The summed E-state index contributed by atoms with van der Waals surface area (Å²) in [6.45, 7) is 2.30. The molecule has 3 amide bonds. The molecule has 9 heteroatoms. The van der Waals surface area contributed by atoms with Gasteiger partial charge in [0.2, 0.25) is 5.91 Å². The molecular weight excluding hydrogens is 371 g/mol. The number of amides is 3. The highest BCUT2D eigenvalue weighted by Gasteiger charge is 2.40. The number of nitrogens with zero attached hydrogens (tertiary/aromatic N) is 4. The maximum atomic E-state index is 13.4. The molecule has 0 aliphatic carbocycles. The zero-order chi connectivity index (χ0) is 19.0. The first kappa shape index (κ1) is 18.1. The van der Waals surface area contributed by atoms with E-state index in [-0.39, 0.29) is 30.3 Å². The number of imide groups is 1. The number of methoxy groups -OCH3 is 1. The fourth-order valence-electron chi connectivity index (χ4n) is 3.64. The van der Waals surface area contributed by atoms with Crippen LogP contribution in [0.4, 0.5) is 14.3 Å². The van der Waals surface area contributed by atoms with Gasteiger partial charge in [-0.2, -0.15) is 0 Å². The number of hydrogen-bond acceptors (Lipinski definition) is 6. The molecule has 0 atom stereocenters. The summed E-state index contributed by atoms with van der Waals surface area (Å²) < 4.78 is 19.2. The van der Waals surface area contributed by atoms with Crippen molar-refractivity contribution in [2.75, 3.05) is 44.8 Å². The lowest BCUT2D eigenvalue weighted by atomic mass is 10.0. The van der Waals surface area contributed by atoms with E-state index in [1.54, 1.807) is 18.1 Å². The molecule has 0 radical (unpaired) electrons. The minimum absolute atomic E-state index is 0.0528. The van der Waals surface area contributed by atoms with Crippen LogP contribution in [0.15, 0.2) is 18.2 Å². The molecule has 7 nitrogen and oxygen atoms in total. The maximum absolute atomic E-state index is 13.4. The second-order valence-electron chi connectivity index (χ2n) is 6.78.